The van der Waals surface area contributed by atoms with E-state index < -0.39 is 12.1 Å². The third-order valence-corrected chi connectivity index (χ3v) is 4.22. The van der Waals surface area contributed by atoms with Crippen LogP contribution in [0.1, 0.15) is 43.4 Å². The van der Waals surface area contributed by atoms with Crippen LogP contribution in [0.2, 0.25) is 0 Å². The molecule has 29 heavy (non-hydrogen) atoms. The van der Waals surface area contributed by atoms with E-state index in [-0.39, 0.29) is 17.2 Å². The third kappa shape index (κ3) is 5.36. The second-order valence-corrected chi connectivity index (χ2v) is 6.38. The summed E-state index contributed by atoms with van der Waals surface area (Å²) >= 11 is 0. The molecule has 0 radical (unpaired) electrons. The van der Waals surface area contributed by atoms with Gasteiger partial charge >= 0.3 is 6.36 Å². The van der Waals surface area contributed by atoms with Crippen molar-refractivity contribution in [2.75, 3.05) is 25.1 Å². The molecule has 2 rings (SSSR count). The van der Waals surface area contributed by atoms with Gasteiger partial charge in [0, 0.05) is 31.6 Å². The molecular formula is C20H24F3N3O3. The van der Waals surface area contributed by atoms with Gasteiger partial charge in [-0.2, -0.15) is 0 Å². The Balaban J connectivity index is 2.60. The van der Waals surface area contributed by atoms with E-state index in [1.807, 2.05) is 18.7 Å². The fraction of sp³-hybridized carbons (Fsp3) is 0.450. The molecule has 0 saturated carbocycles. The number of alkyl halides is 3. The Hall–Kier alpha value is -2.84. The molecule has 1 aromatic carbocycles. The van der Waals surface area contributed by atoms with Gasteiger partial charge in [0.15, 0.2) is 11.6 Å². The number of rotatable bonds is 8. The van der Waals surface area contributed by atoms with Gasteiger partial charge in [0.2, 0.25) is 0 Å². The molecule has 0 N–H and O–H groups in total. The zero-order valence-electron chi connectivity index (χ0n) is 17.1. The van der Waals surface area contributed by atoms with Gasteiger partial charge in [-0.3, -0.25) is 4.79 Å². The lowest BCUT2D eigenvalue weighted by Gasteiger charge is -2.24. The maximum Gasteiger partial charge on any atom is 0.573 e. The van der Waals surface area contributed by atoms with Gasteiger partial charge in [-0.15, -0.1) is 13.2 Å². The van der Waals surface area contributed by atoms with Gasteiger partial charge in [-0.1, -0.05) is 6.92 Å². The summed E-state index contributed by atoms with van der Waals surface area (Å²) in [5.41, 5.74) is 1.52. The third-order valence-electron chi connectivity index (χ3n) is 4.22. The highest BCUT2D eigenvalue weighted by Gasteiger charge is 2.31. The van der Waals surface area contributed by atoms with Crippen molar-refractivity contribution in [2.24, 2.45) is 0 Å². The number of carbonyl (C=O) groups is 1. The average molecular weight is 411 g/mol. The van der Waals surface area contributed by atoms with Crippen LogP contribution in [0.5, 0.6) is 11.5 Å². The average Bonchev–Trinajstić information content (AvgIpc) is 2.64. The van der Waals surface area contributed by atoms with Gasteiger partial charge in [0.1, 0.15) is 17.2 Å². The van der Waals surface area contributed by atoms with Crippen LogP contribution in [-0.2, 0) is 0 Å². The first-order chi connectivity index (χ1) is 13.6. The zero-order valence-corrected chi connectivity index (χ0v) is 17.1. The van der Waals surface area contributed by atoms with Crippen molar-refractivity contribution >= 4 is 11.6 Å². The van der Waals surface area contributed by atoms with Gasteiger partial charge < -0.3 is 14.4 Å². The van der Waals surface area contributed by atoms with Gasteiger partial charge in [0.25, 0.3) is 0 Å². The number of carbonyl (C=O) groups excluding carboxylic acids is 1. The minimum absolute atomic E-state index is 0.132. The summed E-state index contributed by atoms with van der Waals surface area (Å²) in [5.74, 6) is -0.0297. The minimum atomic E-state index is -4.81. The van der Waals surface area contributed by atoms with Crippen LogP contribution in [0, 0.1) is 6.92 Å². The number of benzene rings is 1. The maximum absolute atomic E-state index is 12.5. The lowest BCUT2D eigenvalue weighted by Crippen LogP contribution is -2.27. The molecule has 158 valence electrons. The van der Waals surface area contributed by atoms with Crippen molar-refractivity contribution in [1.29, 1.82) is 0 Å². The summed E-state index contributed by atoms with van der Waals surface area (Å²) in [4.78, 5) is 23.3. The number of ketones is 1. The molecule has 2 aromatic rings. The monoisotopic (exact) mass is 411 g/mol. The molecule has 0 unspecified atom stereocenters. The summed E-state index contributed by atoms with van der Waals surface area (Å²) in [6.45, 7) is 8.51. The molecule has 0 saturated heterocycles. The molecule has 1 aromatic heterocycles. The predicted octanol–water partition coefficient (Wildman–Crippen LogP) is 4.80. The summed E-state index contributed by atoms with van der Waals surface area (Å²) in [6, 6.07) is 3.70. The summed E-state index contributed by atoms with van der Waals surface area (Å²) in [6.07, 6.45) is -3.93. The molecule has 9 heteroatoms. The van der Waals surface area contributed by atoms with E-state index >= 15 is 0 Å². The van der Waals surface area contributed by atoms with Crippen molar-refractivity contribution in [3.63, 3.8) is 0 Å². The van der Waals surface area contributed by atoms with Crippen molar-refractivity contribution in [2.45, 2.75) is 40.5 Å². The van der Waals surface area contributed by atoms with Gasteiger partial charge in [-0.25, -0.2) is 9.97 Å². The fourth-order valence-corrected chi connectivity index (χ4v) is 2.97. The molecule has 0 spiro atoms. The molecule has 6 nitrogen and oxygen atoms in total. The van der Waals surface area contributed by atoms with E-state index in [9.17, 15) is 18.0 Å². The maximum atomic E-state index is 12.5. The topological polar surface area (TPSA) is 64.6 Å². The normalized spacial score (nSPS) is 11.3. The number of methoxy groups -OCH3 is 1. The Morgan fingerprint density at radius 2 is 1.90 bits per heavy atom. The lowest BCUT2D eigenvalue weighted by molar-refractivity contribution is -0.274. The molecule has 0 fully saturated rings. The quantitative estimate of drug-likeness (QED) is 0.582. The first kappa shape index (κ1) is 22.4. The number of aromatic nitrogens is 2. The molecule has 0 aliphatic heterocycles. The van der Waals surface area contributed by atoms with E-state index in [4.69, 9.17) is 4.74 Å². The van der Waals surface area contributed by atoms with Crippen LogP contribution in [0.3, 0.4) is 0 Å². The highest BCUT2D eigenvalue weighted by atomic mass is 19.4. The number of Topliss-reactive ketones (excluding diaryl/α,β-unsaturated/α-hetero) is 1. The lowest BCUT2D eigenvalue weighted by atomic mass is 10.1. The molecule has 0 aliphatic carbocycles. The SMILES string of the molecule is CCCN(CC)c1nc(C)c(-c2ccc(OC(F)(F)F)cc2OC)nc1C(C)=O. The van der Waals surface area contributed by atoms with E-state index in [2.05, 4.69) is 14.7 Å². The van der Waals surface area contributed by atoms with Crippen LogP contribution in [-0.4, -0.2) is 42.3 Å². The Kier molecular flexibility index (Phi) is 7.05. The first-order valence-electron chi connectivity index (χ1n) is 9.19. The fourth-order valence-electron chi connectivity index (χ4n) is 2.97. The van der Waals surface area contributed by atoms with Gasteiger partial charge in [0.05, 0.1) is 18.5 Å². The Morgan fingerprint density at radius 3 is 2.41 bits per heavy atom. The highest BCUT2D eigenvalue weighted by Crippen LogP contribution is 2.36. The molecule has 0 aliphatic rings. The molecule has 0 amide bonds. The second-order valence-electron chi connectivity index (χ2n) is 6.38. The Bertz CT molecular complexity index is 885. The largest absolute Gasteiger partial charge is 0.573 e. The van der Waals surface area contributed by atoms with E-state index in [1.54, 1.807) is 6.92 Å². The standard InChI is InChI=1S/C20H24F3N3O3/c1-6-10-26(7-2)19-18(13(4)27)25-17(12(3)24-19)15-9-8-14(11-16(15)28-5)29-20(21,22)23/h8-9,11H,6-7,10H2,1-5H3. The van der Waals surface area contributed by atoms with Crippen molar-refractivity contribution in [3.05, 3.63) is 29.6 Å². The van der Waals surface area contributed by atoms with E-state index in [0.29, 0.717) is 29.3 Å². The summed E-state index contributed by atoms with van der Waals surface area (Å²) < 4.78 is 46.7. The van der Waals surface area contributed by atoms with E-state index in [0.717, 1.165) is 19.0 Å². The first-order valence-corrected chi connectivity index (χ1v) is 9.19. The predicted molar refractivity (Wildman–Crippen MR) is 104 cm³/mol. The summed E-state index contributed by atoms with van der Waals surface area (Å²) in [5, 5.41) is 0. The number of hydrogen-bond acceptors (Lipinski definition) is 6. The molecule has 0 bridgehead atoms. The number of halogens is 3. The Labute approximate surface area is 167 Å². The van der Waals surface area contributed by atoms with Crippen molar-refractivity contribution in [3.8, 4) is 22.8 Å². The smallest absolute Gasteiger partial charge is 0.496 e. The van der Waals surface area contributed by atoms with Crippen LogP contribution >= 0.6 is 0 Å². The number of aryl methyl sites for hydroxylation is 1. The van der Waals surface area contributed by atoms with Crippen LogP contribution in [0.4, 0.5) is 19.0 Å². The number of hydrogen-bond donors (Lipinski definition) is 0. The number of nitrogens with zero attached hydrogens (tertiary/aromatic N) is 3. The van der Waals surface area contributed by atoms with Crippen LogP contribution < -0.4 is 14.4 Å². The number of ether oxygens (including phenoxy) is 2. The van der Waals surface area contributed by atoms with Crippen LogP contribution in [0.15, 0.2) is 18.2 Å². The van der Waals surface area contributed by atoms with Crippen molar-refractivity contribution in [1.82, 2.24) is 9.97 Å². The van der Waals surface area contributed by atoms with Crippen LogP contribution in [0.25, 0.3) is 11.3 Å². The molecule has 0 atom stereocenters. The van der Waals surface area contributed by atoms with E-state index in [1.165, 1.54) is 26.2 Å². The number of anilines is 1. The van der Waals surface area contributed by atoms with Crippen molar-refractivity contribution < 1.29 is 27.4 Å². The molecule has 1 heterocycles. The summed E-state index contributed by atoms with van der Waals surface area (Å²) in [7, 11) is 1.33. The van der Waals surface area contributed by atoms with Gasteiger partial charge in [-0.05, 0) is 32.4 Å². The second kappa shape index (κ2) is 9.11. The minimum Gasteiger partial charge on any atom is -0.496 e. The zero-order chi connectivity index (χ0) is 21.8. The highest BCUT2D eigenvalue weighted by molar-refractivity contribution is 5.97. The Morgan fingerprint density at radius 1 is 1.21 bits per heavy atom. The molecular weight excluding hydrogens is 387 g/mol.